The van der Waals surface area contributed by atoms with E-state index in [1.54, 1.807) is 0 Å². The van der Waals surface area contributed by atoms with Crippen molar-refractivity contribution in [3.63, 3.8) is 0 Å². The van der Waals surface area contributed by atoms with E-state index in [1.807, 2.05) is 29.0 Å². The summed E-state index contributed by atoms with van der Waals surface area (Å²) in [4.78, 5) is 28.8. The van der Waals surface area contributed by atoms with Crippen molar-refractivity contribution in [3.05, 3.63) is 35.4 Å². The molecule has 2 amide bonds. The fraction of sp³-hybridized carbons (Fsp3) is 0.636. The number of carbonyl (C=O) groups excluding carboxylic acids is 2. The van der Waals surface area contributed by atoms with Crippen molar-refractivity contribution in [1.82, 2.24) is 15.1 Å². The molecule has 4 rings (SSSR count). The van der Waals surface area contributed by atoms with E-state index in [9.17, 15) is 9.59 Å². The van der Waals surface area contributed by atoms with Gasteiger partial charge in [0.2, 0.25) is 5.91 Å². The lowest BCUT2D eigenvalue weighted by molar-refractivity contribution is -0.126. The molecule has 1 spiro atoms. The summed E-state index contributed by atoms with van der Waals surface area (Å²) in [5, 5.41) is 3.41. The molecule has 0 saturated carbocycles. The summed E-state index contributed by atoms with van der Waals surface area (Å²) < 4.78 is 0. The molecule has 1 N–H and O–H groups in total. The molecule has 3 aliphatic heterocycles. The van der Waals surface area contributed by atoms with Crippen LogP contribution in [-0.2, 0) is 11.2 Å². The Morgan fingerprint density at radius 1 is 1.22 bits per heavy atom. The van der Waals surface area contributed by atoms with Crippen molar-refractivity contribution in [2.24, 2.45) is 11.3 Å². The molecular weight excluding hydrogens is 338 g/mol. The van der Waals surface area contributed by atoms with E-state index < -0.39 is 0 Å². The number of benzene rings is 1. The predicted octanol–water partition coefficient (Wildman–Crippen LogP) is 2.31. The first-order valence-corrected chi connectivity index (χ1v) is 10.4. The number of amides is 2. The van der Waals surface area contributed by atoms with Crippen molar-refractivity contribution in [2.45, 2.75) is 38.5 Å². The van der Waals surface area contributed by atoms with Gasteiger partial charge < -0.3 is 15.1 Å². The van der Waals surface area contributed by atoms with Gasteiger partial charge in [-0.1, -0.05) is 12.1 Å². The Hall–Kier alpha value is -1.88. The van der Waals surface area contributed by atoms with Crippen molar-refractivity contribution in [2.75, 3.05) is 39.8 Å². The second-order valence-electron chi connectivity index (χ2n) is 8.82. The third-order valence-corrected chi connectivity index (χ3v) is 6.79. The molecule has 1 aromatic carbocycles. The third kappa shape index (κ3) is 4.03. The van der Waals surface area contributed by atoms with E-state index in [0.717, 1.165) is 63.5 Å². The summed E-state index contributed by atoms with van der Waals surface area (Å²) in [7, 11) is 1.89. The van der Waals surface area contributed by atoms with Crippen LogP contribution in [0.15, 0.2) is 24.3 Å². The Morgan fingerprint density at radius 3 is 2.63 bits per heavy atom. The molecule has 3 aliphatic rings. The Kier molecular flexibility index (Phi) is 5.22. The highest BCUT2D eigenvalue weighted by molar-refractivity contribution is 5.94. The van der Waals surface area contributed by atoms with Crippen LogP contribution >= 0.6 is 0 Å². The maximum Gasteiger partial charge on any atom is 0.253 e. The highest BCUT2D eigenvalue weighted by Gasteiger charge is 2.44. The third-order valence-electron chi connectivity index (χ3n) is 6.79. The molecule has 0 aromatic heterocycles. The Morgan fingerprint density at radius 2 is 1.96 bits per heavy atom. The second-order valence-corrected chi connectivity index (χ2v) is 8.82. The quantitative estimate of drug-likeness (QED) is 0.890. The largest absolute Gasteiger partial charge is 0.345 e. The van der Waals surface area contributed by atoms with Crippen LogP contribution in [0.1, 0.15) is 48.0 Å². The molecule has 1 aromatic rings. The van der Waals surface area contributed by atoms with Crippen molar-refractivity contribution >= 4 is 11.8 Å². The van der Waals surface area contributed by atoms with E-state index in [-0.39, 0.29) is 17.2 Å². The maximum absolute atomic E-state index is 13.0. The normalized spacial score (nSPS) is 23.2. The smallest absolute Gasteiger partial charge is 0.253 e. The highest BCUT2D eigenvalue weighted by Crippen LogP contribution is 2.40. The number of rotatable bonds is 3. The van der Waals surface area contributed by atoms with E-state index >= 15 is 0 Å². The van der Waals surface area contributed by atoms with Crippen molar-refractivity contribution in [1.29, 1.82) is 0 Å². The van der Waals surface area contributed by atoms with Gasteiger partial charge in [-0.2, -0.15) is 0 Å². The first kappa shape index (κ1) is 18.5. The SMILES string of the molecule is CN1CC2(CCN(C(=O)c3cccc(CC4CCNCC4)c3)CC2)CC1=O. The molecule has 3 heterocycles. The lowest BCUT2D eigenvalue weighted by atomic mass is 9.77. The molecule has 146 valence electrons. The number of carbonyl (C=O) groups is 2. The summed E-state index contributed by atoms with van der Waals surface area (Å²) in [6.45, 7) is 4.59. The van der Waals surface area contributed by atoms with E-state index in [1.165, 1.54) is 18.4 Å². The van der Waals surface area contributed by atoms with E-state index in [0.29, 0.717) is 6.42 Å². The minimum Gasteiger partial charge on any atom is -0.345 e. The number of hydrogen-bond acceptors (Lipinski definition) is 3. The number of nitrogens with one attached hydrogen (secondary N) is 1. The minimum absolute atomic E-state index is 0.0967. The summed E-state index contributed by atoms with van der Waals surface area (Å²) in [6.07, 6.45) is 6.03. The molecule has 27 heavy (non-hydrogen) atoms. The summed E-state index contributed by atoms with van der Waals surface area (Å²) in [6, 6.07) is 8.23. The van der Waals surface area contributed by atoms with Gasteiger partial charge in [-0.3, -0.25) is 9.59 Å². The molecule has 0 aliphatic carbocycles. The van der Waals surface area contributed by atoms with Crippen LogP contribution in [0.25, 0.3) is 0 Å². The number of hydrogen-bond donors (Lipinski definition) is 1. The van der Waals surface area contributed by atoms with E-state index in [2.05, 4.69) is 17.4 Å². The molecule has 5 heteroatoms. The number of piperidine rings is 2. The van der Waals surface area contributed by atoms with Gasteiger partial charge in [0.25, 0.3) is 5.91 Å². The molecule has 3 fully saturated rings. The lowest BCUT2D eigenvalue weighted by Crippen LogP contribution is -2.44. The van der Waals surface area contributed by atoms with Gasteiger partial charge in [0.15, 0.2) is 0 Å². The second kappa shape index (κ2) is 7.63. The fourth-order valence-electron chi connectivity index (χ4n) is 5.06. The van der Waals surface area contributed by atoms with Gasteiger partial charge >= 0.3 is 0 Å². The molecule has 3 saturated heterocycles. The standard InChI is InChI=1S/C22H31N3O2/c1-24-16-22(15-20(24)26)7-11-25(12-8-22)21(27)19-4-2-3-18(14-19)13-17-5-9-23-10-6-17/h2-4,14,17,23H,5-13,15-16H2,1H3. The van der Waals surface area contributed by atoms with Gasteiger partial charge in [0.1, 0.15) is 0 Å². The topological polar surface area (TPSA) is 52.6 Å². The van der Waals surface area contributed by atoms with Gasteiger partial charge in [0.05, 0.1) is 0 Å². The summed E-state index contributed by atoms with van der Waals surface area (Å²) >= 11 is 0. The average molecular weight is 370 g/mol. The minimum atomic E-state index is 0.0967. The lowest BCUT2D eigenvalue weighted by Gasteiger charge is -2.38. The van der Waals surface area contributed by atoms with Crippen LogP contribution in [0.4, 0.5) is 0 Å². The number of nitrogens with zero attached hydrogens (tertiary/aromatic N) is 2. The van der Waals surface area contributed by atoms with Gasteiger partial charge in [-0.25, -0.2) is 0 Å². The zero-order chi connectivity index (χ0) is 18.9. The molecule has 5 nitrogen and oxygen atoms in total. The van der Waals surface area contributed by atoms with Crippen LogP contribution in [0.3, 0.4) is 0 Å². The highest BCUT2D eigenvalue weighted by atomic mass is 16.2. The Bertz CT molecular complexity index is 703. The fourth-order valence-corrected chi connectivity index (χ4v) is 5.06. The molecule has 0 atom stereocenters. The summed E-state index contributed by atoms with van der Waals surface area (Å²) in [5.41, 5.74) is 2.20. The van der Waals surface area contributed by atoms with Gasteiger partial charge in [-0.05, 0) is 68.8 Å². The monoisotopic (exact) mass is 369 g/mol. The van der Waals surface area contributed by atoms with Crippen LogP contribution in [-0.4, -0.2) is 61.4 Å². The van der Waals surface area contributed by atoms with Gasteiger partial charge in [0, 0.05) is 44.1 Å². The van der Waals surface area contributed by atoms with E-state index in [4.69, 9.17) is 0 Å². The average Bonchev–Trinajstić information content (AvgIpc) is 2.96. The molecule has 0 unspecified atom stereocenters. The zero-order valence-corrected chi connectivity index (χ0v) is 16.4. The Labute approximate surface area is 162 Å². The summed E-state index contributed by atoms with van der Waals surface area (Å²) in [5.74, 6) is 1.12. The zero-order valence-electron chi connectivity index (χ0n) is 16.4. The van der Waals surface area contributed by atoms with Crippen LogP contribution in [0, 0.1) is 11.3 Å². The number of likely N-dealkylation sites (tertiary alicyclic amines) is 2. The molecular formula is C22H31N3O2. The predicted molar refractivity (Wildman–Crippen MR) is 106 cm³/mol. The molecule has 0 bridgehead atoms. The Balaban J connectivity index is 1.37. The van der Waals surface area contributed by atoms with Gasteiger partial charge in [-0.15, -0.1) is 0 Å². The maximum atomic E-state index is 13.0. The molecule has 0 radical (unpaired) electrons. The van der Waals surface area contributed by atoms with Crippen molar-refractivity contribution in [3.8, 4) is 0 Å². The van der Waals surface area contributed by atoms with Crippen LogP contribution in [0.2, 0.25) is 0 Å². The van der Waals surface area contributed by atoms with Crippen molar-refractivity contribution < 1.29 is 9.59 Å². The van der Waals surface area contributed by atoms with Crippen LogP contribution < -0.4 is 5.32 Å². The first-order chi connectivity index (χ1) is 13.0. The van der Waals surface area contributed by atoms with Crippen LogP contribution in [0.5, 0.6) is 0 Å². The first-order valence-electron chi connectivity index (χ1n) is 10.4.